The Morgan fingerprint density at radius 1 is 1.41 bits per heavy atom. The lowest BCUT2D eigenvalue weighted by Gasteiger charge is -2.23. The van der Waals surface area contributed by atoms with Gasteiger partial charge in [0.1, 0.15) is 10.7 Å². The maximum absolute atomic E-state index is 12.3. The average molecular weight is 315 g/mol. The lowest BCUT2D eigenvalue weighted by molar-refractivity contribution is 0.0926. The summed E-state index contributed by atoms with van der Waals surface area (Å²) in [6, 6.07) is 6.52. The van der Waals surface area contributed by atoms with Gasteiger partial charge in [-0.3, -0.25) is 4.79 Å². The molecular formula is C17H21N3OS. The number of carbonyl (C=O) groups is 1. The number of nitrogens with one attached hydrogen (secondary N) is 2. The molecule has 0 saturated carbocycles. The van der Waals surface area contributed by atoms with E-state index in [0.717, 1.165) is 36.5 Å². The molecule has 3 rings (SSSR count). The van der Waals surface area contributed by atoms with Gasteiger partial charge in [-0.1, -0.05) is 23.8 Å². The summed E-state index contributed by atoms with van der Waals surface area (Å²) in [7, 11) is 0. The minimum Gasteiger partial charge on any atom is -0.347 e. The van der Waals surface area contributed by atoms with E-state index in [4.69, 9.17) is 0 Å². The number of nitrogens with zero attached hydrogens (tertiary/aromatic N) is 1. The van der Waals surface area contributed by atoms with Crippen LogP contribution in [-0.2, 0) is 0 Å². The molecular weight excluding hydrogens is 294 g/mol. The highest BCUT2D eigenvalue weighted by atomic mass is 32.1. The van der Waals surface area contributed by atoms with Crippen LogP contribution in [0.1, 0.15) is 34.5 Å². The van der Waals surface area contributed by atoms with E-state index in [0.29, 0.717) is 5.69 Å². The highest BCUT2D eigenvalue weighted by molar-refractivity contribution is 7.13. The summed E-state index contributed by atoms with van der Waals surface area (Å²) in [6.07, 6.45) is 2.14. The summed E-state index contributed by atoms with van der Waals surface area (Å²) in [5, 5.41) is 9.12. The molecule has 0 aliphatic carbocycles. The first-order chi connectivity index (χ1) is 10.6. The van der Waals surface area contributed by atoms with Crippen molar-refractivity contribution < 1.29 is 4.79 Å². The van der Waals surface area contributed by atoms with Gasteiger partial charge in [0.25, 0.3) is 5.91 Å². The molecule has 1 amide bonds. The molecule has 0 spiro atoms. The van der Waals surface area contributed by atoms with Gasteiger partial charge in [-0.15, -0.1) is 11.3 Å². The van der Waals surface area contributed by atoms with Crippen LogP contribution in [0.5, 0.6) is 0 Å². The summed E-state index contributed by atoms with van der Waals surface area (Å²) >= 11 is 1.53. The predicted molar refractivity (Wildman–Crippen MR) is 90.4 cm³/mol. The third-order valence-corrected chi connectivity index (χ3v) is 4.86. The number of piperidine rings is 1. The molecule has 1 atom stereocenters. The van der Waals surface area contributed by atoms with Crippen LogP contribution >= 0.6 is 11.3 Å². The van der Waals surface area contributed by atoms with E-state index >= 15 is 0 Å². The number of carbonyl (C=O) groups excluding carboxylic acids is 1. The smallest absolute Gasteiger partial charge is 0.271 e. The molecule has 1 saturated heterocycles. The van der Waals surface area contributed by atoms with Crippen LogP contribution in [0.25, 0.3) is 10.6 Å². The van der Waals surface area contributed by atoms with Crippen LogP contribution in [0.15, 0.2) is 23.6 Å². The first kappa shape index (κ1) is 15.2. The number of aryl methyl sites for hydroxylation is 2. The van der Waals surface area contributed by atoms with Gasteiger partial charge >= 0.3 is 0 Å². The molecule has 0 unspecified atom stereocenters. The number of hydrogen-bond acceptors (Lipinski definition) is 4. The summed E-state index contributed by atoms with van der Waals surface area (Å²) in [4.78, 5) is 16.8. The van der Waals surface area contributed by atoms with Crippen molar-refractivity contribution in [2.24, 2.45) is 0 Å². The van der Waals surface area contributed by atoms with Crippen LogP contribution in [0, 0.1) is 13.8 Å². The minimum atomic E-state index is -0.0686. The third-order valence-electron chi connectivity index (χ3n) is 3.98. The third kappa shape index (κ3) is 3.36. The van der Waals surface area contributed by atoms with E-state index < -0.39 is 0 Å². The quantitative estimate of drug-likeness (QED) is 0.916. The zero-order valence-corrected chi connectivity index (χ0v) is 13.8. The molecule has 5 heteroatoms. The van der Waals surface area contributed by atoms with E-state index in [1.807, 2.05) is 5.38 Å². The first-order valence-corrected chi connectivity index (χ1v) is 8.56. The van der Waals surface area contributed by atoms with Crippen molar-refractivity contribution >= 4 is 17.2 Å². The Hall–Kier alpha value is -1.72. The number of amides is 1. The Morgan fingerprint density at radius 3 is 3.00 bits per heavy atom. The number of benzene rings is 1. The highest BCUT2D eigenvalue weighted by Gasteiger charge is 2.18. The topological polar surface area (TPSA) is 54.0 Å². The standard InChI is InChI=1S/C17H21N3OS/c1-11-5-6-14(12(2)8-11)17-20-15(10-22-17)16(21)19-13-4-3-7-18-9-13/h5-6,8,10,13,18H,3-4,7,9H2,1-2H3,(H,19,21)/t13-/m0/s1. The van der Waals surface area contributed by atoms with Crippen LogP contribution < -0.4 is 10.6 Å². The zero-order valence-electron chi connectivity index (χ0n) is 13.0. The molecule has 1 aliphatic heterocycles. The zero-order chi connectivity index (χ0) is 15.5. The van der Waals surface area contributed by atoms with E-state index in [9.17, 15) is 4.79 Å². The van der Waals surface area contributed by atoms with Crippen LogP contribution in [-0.4, -0.2) is 30.0 Å². The molecule has 1 fully saturated rings. The Kier molecular flexibility index (Phi) is 4.55. The minimum absolute atomic E-state index is 0.0686. The van der Waals surface area contributed by atoms with Gasteiger partial charge in [0.2, 0.25) is 0 Å². The maximum atomic E-state index is 12.3. The normalized spacial score (nSPS) is 18.2. The SMILES string of the molecule is Cc1ccc(-c2nc(C(=O)N[C@H]3CCCNC3)cs2)c(C)c1. The number of aromatic nitrogens is 1. The van der Waals surface area contributed by atoms with Crippen molar-refractivity contribution in [1.82, 2.24) is 15.6 Å². The van der Waals surface area contributed by atoms with E-state index in [1.54, 1.807) is 0 Å². The van der Waals surface area contributed by atoms with Crippen LogP contribution in [0.3, 0.4) is 0 Å². The Balaban J connectivity index is 1.73. The molecule has 1 aromatic carbocycles. The fourth-order valence-corrected chi connectivity index (χ4v) is 3.68. The van der Waals surface area contributed by atoms with Crippen molar-refractivity contribution in [2.75, 3.05) is 13.1 Å². The molecule has 1 aliphatic rings. The second-order valence-electron chi connectivity index (χ2n) is 5.87. The maximum Gasteiger partial charge on any atom is 0.271 e. The summed E-state index contributed by atoms with van der Waals surface area (Å²) in [6.45, 7) is 6.05. The molecule has 2 N–H and O–H groups in total. The van der Waals surface area contributed by atoms with Gasteiger partial charge in [-0.05, 0) is 38.8 Å². The molecule has 4 nitrogen and oxygen atoms in total. The Bertz CT molecular complexity index is 674. The van der Waals surface area contributed by atoms with E-state index in [-0.39, 0.29) is 11.9 Å². The van der Waals surface area contributed by atoms with Crippen molar-refractivity contribution in [3.05, 3.63) is 40.4 Å². The molecule has 22 heavy (non-hydrogen) atoms. The van der Waals surface area contributed by atoms with Gasteiger partial charge in [0, 0.05) is 23.5 Å². The number of thiazole rings is 1. The molecule has 2 aromatic rings. The van der Waals surface area contributed by atoms with Crippen molar-refractivity contribution in [3.63, 3.8) is 0 Å². The van der Waals surface area contributed by atoms with Gasteiger partial charge in [0.05, 0.1) is 0 Å². The fraction of sp³-hybridized carbons (Fsp3) is 0.412. The Morgan fingerprint density at radius 2 is 2.27 bits per heavy atom. The van der Waals surface area contributed by atoms with Crippen LogP contribution in [0.2, 0.25) is 0 Å². The summed E-state index contributed by atoms with van der Waals surface area (Å²) < 4.78 is 0. The fourth-order valence-electron chi connectivity index (χ4n) is 2.79. The van der Waals surface area contributed by atoms with E-state index in [1.165, 1.54) is 22.5 Å². The predicted octanol–water partition coefficient (Wildman–Crippen LogP) is 2.91. The lowest BCUT2D eigenvalue weighted by Crippen LogP contribution is -2.45. The van der Waals surface area contributed by atoms with Gasteiger partial charge < -0.3 is 10.6 Å². The van der Waals surface area contributed by atoms with Gasteiger partial charge in [-0.25, -0.2) is 4.98 Å². The van der Waals surface area contributed by atoms with Crippen molar-refractivity contribution in [1.29, 1.82) is 0 Å². The van der Waals surface area contributed by atoms with E-state index in [2.05, 4.69) is 47.7 Å². The molecule has 0 radical (unpaired) electrons. The summed E-state index contributed by atoms with van der Waals surface area (Å²) in [5.41, 5.74) is 4.05. The highest BCUT2D eigenvalue weighted by Crippen LogP contribution is 2.27. The molecule has 1 aromatic heterocycles. The average Bonchev–Trinajstić information content (AvgIpc) is 2.98. The largest absolute Gasteiger partial charge is 0.347 e. The van der Waals surface area contributed by atoms with Crippen molar-refractivity contribution in [3.8, 4) is 10.6 Å². The first-order valence-electron chi connectivity index (χ1n) is 7.68. The van der Waals surface area contributed by atoms with Gasteiger partial charge in [0.15, 0.2) is 0 Å². The second kappa shape index (κ2) is 6.58. The monoisotopic (exact) mass is 315 g/mol. The lowest BCUT2D eigenvalue weighted by atomic mass is 10.1. The molecule has 2 heterocycles. The van der Waals surface area contributed by atoms with Gasteiger partial charge in [-0.2, -0.15) is 0 Å². The second-order valence-corrected chi connectivity index (χ2v) is 6.73. The van der Waals surface area contributed by atoms with Crippen LogP contribution in [0.4, 0.5) is 0 Å². The Labute approximate surface area is 135 Å². The molecule has 116 valence electrons. The number of hydrogen-bond donors (Lipinski definition) is 2. The summed E-state index contributed by atoms with van der Waals surface area (Å²) in [5.74, 6) is -0.0686. The molecule has 0 bridgehead atoms. The number of rotatable bonds is 3. The van der Waals surface area contributed by atoms with Crippen molar-refractivity contribution in [2.45, 2.75) is 32.7 Å².